The molecule has 0 aliphatic rings. The van der Waals surface area contributed by atoms with Crippen LogP contribution in [0.1, 0.15) is 380 Å². The van der Waals surface area contributed by atoms with Crippen LogP contribution in [0.5, 0.6) is 0 Å². The number of likely N-dealkylation sites (N-methyl/N-ethyl adjacent to an activating group) is 1. The minimum Gasteiger partial charge on any atom is -0.545 e. The van der Waals surface area contributed by atoms with Crippen molar-refractivity contribution in [1.29, 1.82) is 0 Å². The van der Waals surface area contributed by atoms with Crippen molar-refractivity contribution >= 4 is 17.9 Å². The van der Waals surface area contributed by atoms with E-state index in [0.29, 0.717) is 23.9 Å². The molecule has 0 saturated heterocycles. The van der Waals surface area contributed by atoms with Gasteiger partial charge in [-0.05, 0) is 57.8 Å². The Morgan fingerprint density at radius 3 is 0.944 bits per heavy atom. The molecule has 0 N–H and O–H groups in total. The van der Waals surface area contributed by atoms with E-state index in [1.54, 1.807) is 0 Å². The second-order valence-corrected chi connectivity index (χ2v) is 27.6. The summed E-state index contributed by atoms with van der Waals surface area (Å²) in [6.07, 6.45) is 92.0. The fraction of sp³-hybridized carbons (Fsp3) is 0.840. The molecule has 0 heterocycles. The van der Waals surface area contributed by atoms with E-state index < -0.39 is 24.3 Å². The summed E-state index contributed by atoms with van der Waals surface area (Å²) in [5.41, 5.74) is 0. The van der Waals surface area contributed by atoms with E-state index in [4.69, 9.17) is 18.9 Å². The average molecular weight is 1270 g/mol. The zero-order valence-corrected chi connectivity index (χ0v) is 60.3. The van der Waals surface area contributed by atoms with Gasteiger partial charge in [0.2, 0.25) is 0 Å². The third-order valence-electron chi connectivity index (χ3n) is 17.5. The number of hydrogen-bond donors (Lipinski definition) is 0. The molecule has 2 unspecified atom stereocenters. The molecule has 90 heavy (non-hydrogen) atoms. The third kappa shape index (κ3) is 72.4. The van der Waals surface area contributed by atoms with Crippen molar-refractivity contribution in [3.63, 3.8) is 0 Å². The van der Waals surface area contributed by atoms with Crippen LogP contribution < -0.4 is 5.11 Å². The monoisotopic (exact) mass is 1260 g/mol. The molecule has 0 aliphatic carbocycles. The van der Waals surface area contributed by atoms with Crippen LogP contribution in [0.4, 0.5) is 0 Å². The van der Waals surface area contributed by atoms with Gasteiger partial charge in [0.1, 0.15) is 13.2 Å². The summed E-state index contributed by atoms with van der Waals surface area (Å²) in [5, 5.41) is 11.8. The number of aliphatic carboxylic acids is 1. The standard InChI is InChI=1S/C81H149NO8/c1-6-8-10-12-14-16-18-20-22-24-26-28-30-32-34-36-37-38-39-40-41-42-44-45-47-49-51-53-55-57-59-61-63-65-67-69-71-78(83)88-75-77(76-89-81(80(85)86)87-74-73-82(3,4)5)90-79(84)72-70-68-66-64-62-60-58-56-54-52-50-48-46-43-35-33-31-29-27-25-23-21-19-17-15-13-11-9-7-2/h9,11,15,17,21,23,27,29,33,35,77,81H,6-8,10,12-14,16,18-20,22,24-26,28,30-32,34,36-76H2,1-5H3/b11-9-,17-15-,23-21-,29-27-,35-33-. The molecular weight excluding hydrogens is 1110 g/mol. The molecule has 0 rings (SSSR count). The van der Waals surface area contributed by atoms with E-state index in [1.165, 1.54) is 276 Å². The lowest BCUT2D eigenvalue weighted by Crippen LogP contribution is -2.44. The lowest BCUT2D eigenvalue weighted by molar-refractivity contribution is -0.870. The van der Waals surface area contributed by atoms with E-state index in [-0.39, 0.29) is 32.2 Å². The Morgan fingerprint density at radius 2 is 0.633 bits per heavy atom. The van der Waals surface area contributed by atoms with E-state index in [9.17, 15) is 19.5 Å². The number of nitrogens with zero attached hydrogens (tertiary/aromatic N) is 1. The molecule has 0 aromatic rings. The Labute approximate surface area is 558 Å². The van der Waals surface area contributed by atoms with Gasteiger partial charge < -0.3 is 33.3 Å². The Morgan fingerprint density at radius 1 is 0.344 bits per heavy atom. The van der Waals surface area contributed by atoms with E-state index in [2.05, 4.69) is 74.6 Å². The Bertz CT molecular complexity index is 1660. The molecule has 0 bridgehead atoms. The number of hydrogen-bond acceptors (Lipinski definition) is 8. The van der Waals surface area contributed by atoms with Gasteiger partial charge in [0.05, 0.1) is 40.3 Å². The van der Waals surface area contributed by atoms with Crippen LogP contribution in [0.25, 0.3) is 0 Å². The predicted molar refractivity (Wildman–Crippen MR) is 385 cm³/mol. The number of carbonyl (C=O) groups excluding carboxylic acids is 3. The van der Waals surface area contributed by atoms with Crippen LogP contribution in [0.2, 0.25) is 0 Å². The normalized spacial score (nSPS) is 12.9. The van der Waals surface area contributed by atoms with Gasteiger partial charge >= 0.3 is 11.9 Å². The maximum absolute atomic E-state index is 13.0. The smallest absolute Gasteiger partial charge is 0.306 e. The van der Waals surface area contributed by atoms with Crippen LogP contribution in [0.15, 0.2) is 60.8 Å². The van der Waals surface area contributed by atoms with Crippen molar-refractivity contribution in [3.05, 3.63) is 60.8 Å². The fourth-order valence-electron chi connectivity index (χ4n) is 11.6. The van der Waals surface area contributed by atoms with Gasteiger partial charge in [-0.15, -0.1) is 0 Å². The summed E-state index contributed by atoms with van der Waals surface area (Å²) in [7, 11) is 5.94. The zero-order chi connectivity index (χ0) is 65.4. The van der Waals surface area contributed by atoms with E-state index in [0.717, 1.165) is 70.6 Å². The highest BCUT2D eigenvalue weighted by atomic mass is 16.7. The largest absolute Gasteiger partial charge is 0.545 e. The molecule has 0 aliphatic heterocycles. The minimum atomic E-state index is -1.62. The van der Waals surface area contributed by atoms with Gasteiger partial charge in [0.15, 0.2) is 12.4 Å². The highest BCUT2D eigenvalue weighted by Crippen LogP contribution is 2.20. The van der Waals surface area contributed by atoms with E-state index >= 15 is 0 Å². The number of carboxylic acid groups (broad SMARTS) is 1. The van der Waals surface area contributed by atoms with Crippen LogP contribution in [0.3, 0.4) is 0 Å². The Kier molecular flexibility index (Phi) is 69.4. The molecule has 0 spiro atoms. The van der Waals surface area contributed by atoms with Gasteiger partial charge in [-0.25, -0.2) is 0 Å². The molecule has 9 heteroatoms. The van der Waals surface area contributed by atoms with Crippen LogP contribution in [-0.4, -0.2) is 82.3 Å². The highest BCUT2D eigenvalue weighted by molar-refractivity contribution is 5.70. The molecule has 0 radical (unpaired) electrons. The molecule has 0 fully saturated rings. The van der Waals surface area contributed by atoms with Crippen molar-refractivity contribution in [2.45, 2.75) is 392 Å². The van der Waals surface area contributed by atoms with Crippen LogP contribution in [0, 0.1) is 0 Å². The number of allylic oxidation sites excluding steroid dienone is 10. The third-order valence-corrected chi connectivity index (χ3v) is 17.5. The van der Waals surface area contributed by atoms with Crippen LogP contribution in [-0.2, 0) is 33.3 Å². The van der Waals surface area contributed by atoms with Crippen molar-refractivity contribution in [2.75, 3.05) is 47.5 Å². The van der Waals surface area contributed by atoms with Gasteiger partial charge in [-0.2, -0.15) is 0 Å². The van der Waals surface area contributed by atoms with E-state index in [1.807, 2.05) is 21.1 Å². The Balaban J connectivity index is 3.99. The van der Waals surface area contributed by atoms with Crippen molar-refractivity contribution < 1.29 is 42.9 Å². The maximum atomic E-state index is 13.0. The lowest BCUT2D eigenvalue weighted by atomic mass is 10.0. The van der Waals surface area contributed by atoms with Gasteiger partial charge in [0, 0.05) is 12.8 Å². The number of quaternary nitrogens is 1. The Hall–Kier alpha value is -3.01. The topological polar surface area (TPSA) is 111 Å². The number of rotatable bonds is 73. The molecular formula is C81H149NO8. The first-order chi connectivity index (χ1) is 44.1. The number of esters is 2. The quantitative estimate of drug-likeness (QED) is 0.0195. The number of carboxylic acids is 1. The molecule has 526 valence electrons. The second kappa shape index (κ2) is 71.8. The first-order valence-corrected chi connectivity index (χ1v) is 38.9. The molecule has 0 amide bonds. The minimum absolute atomic E-state index is 0.148. The van der Waals surface area contributed by atoms with Gasteiger partial charge in [-0.3, -0.25) is 9.59 Å². The van der Waals surface area contributed by atoms with Crippen molar-refractivity contribution in [1.82, 2.24) is 0 Å². The summed E-state index contributed by atoms with van der Waals surface area (Å²) < 4.78 is 22.9. The van der Waals surface area contributed by atoms with Gasteiger partial charge in [0.25, 0.3) is 0 Å². The predicted octanol–water partition coefficient (Wildman–Crippen LogP) is 23.3. The molecule has 0 aromatic heterocycles. The molecule has 2 atom stereocenters. The second-order valence-electron chi connectivity index (χ2n) is 27.6. The highest BCUT2D eigenvalue weighted by Gasteiger charge is 2.22. The van der Waals surface area contributed by atoms with Crippen molar-refractivity contribution in [2.24, 2.45) is 0 Å². The van der Waals surface area contributed by atoms with Gasteiger partial charge in [-0.1, -0.05) is 370 Å². The average Bonchev–Trinajstić information content (AvgIpc) is 3.74. The summed E-state index contributed by atoms with van der Waals surface area (Å²) >= 11 is 0. The number of ether oxygens (including phenoxy) is 4. The van der Waals surface area contributed by atoms with Crippen molar-refractivity contribution in [3.8, 4) is 0 Å². The zero-order valence-electron chi connectivity index (χ0n) is 60.3. The van der Waals surface area contributed by atoms with Crippen LogP contribution >= 0.6 is 0 Å². The fourth-order valence-corrected chi connectivity index (χ4v) is 11.6. The summed E-state index contributed by atoms with van der Waals surface area (Å²) in [4.78, 5) is 37.6. The lowest BCUT2D eigenvalue weighted by Gasteiger charge is -2.26. The number of carbonyl (C=O) groups is 3. The number of unbranched alkanes of at least 4 members (excludes halogenated alkanes) is 48. The molecule has 9 nitrogen and oxygen atoms in total. The first-order valence-electron chi connectivity index (χ1n) is 38.9. The SMILES string of the molecule is CC/C=C\C/C=C\C/C=C\C/C=C\C/C=C\CCCCCCCCCCCCCCCC(=O)OC(COC(=O)CCCCCCCCCCCCCCCCCCCCCCCCCCCCCCCCCCCCCC)COC(OCC[N+](C)(C)C)C(=O)[O-]. The summed E-state index contributed by atoms with van der Waals surface area (Å²) in [6.45, 7) is 4.70. The maximum Gasteiger partial charge on any atom is 0.306 e. The summed E-state index contributed by atoms with van der Waals surface area (Å²) in [6, 6.07) is 0. The molecule has 0 saturated carbocycles. The molecule has 0 aromatic carbocycles. The first kappa shape index (κ1) is 87.0. The summed E-state index contributed by atoms with van der Waals surface area (Å²) in [5.74, 6) is -2.26.